The van der Waals surface area contributed by atoms with E-state index < -0.39 is 23.3 Å². The van der Waals surface area contributed by atoms with Crippen molar-refractivity contribution in [2.24, 2.45) is 0 Å². The van der Waals surface area contributed by atoms with Gasteiger partial charge in [0, 0.05) is 13.0 Å². The maximum Gasteiger partial charge on any atom is 0.222 e. The first-order valence-electron chi connectivity index (χ1n) is 6.42. The largest absolute Gasteiger partial charge is 0.386 e. The molecule has 0 heterocycles. The molecule has 2 N–H and O–H groups in total. The van der Waals surface area contributed by atoms with E-state index >= 15 is 0 Å². The summed E-state index contributed by atoms with van der Waals surface area (Å²) in [6, 6.07) is 3.32. The van der Waals surface area contributed by atoms with E-state index in [1.54, 1.807) is 0 Å². The maximum absolute atomic E-state index is 13.4. The number of hydrogen-bond donors (Lipinski definition) is 2. The molecule has 112 valence electrons. The van der Waals surface area contributed by atoms with Gasteiger partial charge in [-0.25, -0.2) is 8.78 Å². The van der Waals surface area contributed by atoms with Gasteiger partial charge in [-0.2, -0.15) is 0 Å². The number of hydrogen-bond acceptors (Lipinski definition) is 3. The molecule has 0 saturated carbocycles. The van der Waals surface area contributed by atoms with Crippen LogP contribution in [-0.4, -0.2) is 30.3 Å². The van der Waals surface area contributed by atoms with Crippen LogP contribution in [0.2, 0.25) is 0 Å². The number of aliphatic hydroxyl groups excluding tert-OH is 1. The Labute approximate surface area is 116 Å². The number of amides is 1. The summed E-state index contributed by atoms with van der Waals surface area (Å²) in [5, 5.41) is 12.1. The van der Waals surface area contributed by atoms with E-state index in [0.29, 0.717) is 0 Å². The summed E-state index contributed by atoms with van der Waals surface area (Å²) in [4.78, 5) is 11.4. The molecule has 0 bridgehead atoms. The Morgan fingerprint density at radius 1 is 1.35 bits per heavy atom. The number of aliphatic hydroxyl groups is 1. The Hall–Kier alpha value is -1.53. The van der Waals surface area contributed by atoms with Crippen LogP contribution < -0.4 is 5.32 Å². The molecule has 0 aliphatic carbocycles. The minimum absolute atomic E-state index is 0.0286. The van der Waals surface area contributed by atoms with Gasteiger partial charge in [0.25, 0.3) is 0 Å². The van der Waals surface area contributed by atoms with Gasteiger partial charge < -0.3 is 15.2 Å². The van der Waals surface area contributed by atoms with E-state index in [4.69, 9.17) is 4.74 Å². The molecule has 1 unspecified atom stereocenters. The van der Waals surface area contributed by atoms with E-state index in [1.807, 2.05) is 13.8 Å². The van der Waals surface area contributed by atoms with Crippen molar-refractivity contribution >= 4 is 5.91 Å². The number of rotatable bonds is 7. The van der Waals surface area contributed by atoms with Crippen LogP contribution in [0.5, 0.6) is 0 Å². The third-order valence-electron chi connectivity index (χ3n) is 2.61. The van der Waals surface area contributed by atoms with E-state index in [-0.39, 0.29) is 31.6 Å². The van der Waals surface area contributed by atoms with Crippen molar-refractivity contribution < 1.29 is 23.4 Å². The lowest BCUT2D eigenvalue weighted by molar-refractivity contribution is -0.123. The number of benzene rings is 1. The minimum atomic E-state index is -1.42. The monoisotopic (exact) mass is 287 g/mol. The van der Waals surface area contributed by atoms with Crippen LogP contribution in [0, 0.1) is 11.6 Å². The number of carbonyl (C=O) groups excluding carboxylic acids is 1. The molecule has 0 saturated heterocycles. The molecule has 0 spiro atoms. The van der Waals surface area contributed by atoms with E-state index in [2.05, 4.69) is 5.32 Å². The summed E-state index contributed by atoms with van der Waals surface area (Å²) >= 11 is 0. The van der Waals surface area contributed by atoms with Crippen LogP contribution in [0.25, 0.3) is 0 Å². The van der Waals surface area contributed by atoms with Gasteiger partial charge in [-0.05, 0) is 26.0 Å². The summed E-state index contributed by atoms with van der Waals surface area (Å²) < 4.78 is 32.0. The lowest BCUT2D eigenvalue weighted by atomic mass is 10.1. The van der Waals surface area contributed by atoms with Crippen LogP contribution >= 0.6 is 0 Å². The van der Waals surface area contributed by atoms with Crippen LogP contribution in [0.15, 0.2) is 18.2 Å². The van der Waals surface area contributed by atoms with Crippen LogP contribution in [0.1, 0.15) is 31.9 Å². The zero-order valence-electron chi connectivity index (χ0n) is 11.5. The fourth-order valence-corrected chi connectivity index (χ4v) is 1.62. The molecule has 0 fully saturated rings. The summed E-state index contributed by atoms with van der Waals surface area (Å²) in [6.45, 7) is 3.71. The number of nitrogens with one attached hydrogen (secondary N) is 1. The second-order valence-electron chi connectivity index (χ2n) is 4.62. The average molecular weight is 287 g/mol. The first-order valence-corrected chi connectivity index (χ1v) is 6.42. The second-order valence-corrected chi connectivity index (χ2v) is 4.62. The van der Waals surface area contributed by atoms with Gasteiger partial charge in [0.15, 0.2) is 0 Å². The summed E-state index contributed by atoms with van der Waals surface area (Å²) in [5.41, 5.74) is -0.439. The van der Waals surface area contributed by atoms with Crippen molar-refractivity contribution in [3.05, 3.63) is 35.4 Å². The molecule has 0 radical (unpaired) electrons. The molecule has 1 amide bonds. The molecule has 20 heavy (non-hydrogen) atoms. The minimum Gasteiger partial charge on any atom is -0.386 e. The Morgan fingerprint density at radius 2 is 1.95 bits per heavy atom. The van der Waals surface area contributed by atoms with Gasteiger partial charge >= 0.3 is 0 Å². The molecule has 4 nitrogen and oxygen atoms in total. The predicted octanol–water partition coefficient (Wildman–Crippen LogP) is 1.93. The Morgan fingerprint density at radius 3 is 2.50 bits per heavy atom. The third-order valence-corrected chi connectivity index (χ3v) is 2.61. The molecule has 1 rings (SSSR count). The topological polar surface area (TPSA) is 58.6 Å². The van der Waals surface area contributed by atoms with Crippen LogP contribution in [0.4, 0.5) is 8.78 Å². The zero-order chi connectivity index (χ0) is 15.1. The maximum atomic E-state index is 13.4. The number of halogens is 2. The van der Waals surface area contributed by atoms with Crippen molar-refractivity contribution in [3.8, 4) is 0 Å². The van der Waals surface area contributed by atoms with Gasteiger partial charge in [-0.3, -0.25) is 4.79 Å². The summed E-state index contributed by atoms with van der Waals surface area (Å²) in [6.07, 6.45) is -1.27. The van der Waals surface area contributed by atoms with Gasteiger partial charge in [0.05, 0.1) is 18.3 Å². The lowest BCUT2D eigenvalue weighted by Gasteiger charge is -2.14. The quantitative estimate of drug-likeness (QED) is 0.805. The van der Waals surface area contributed by atoms with Gasteiger partial charge in [-0.1, -0.05) is 6.07 Å². The van der Waals surface area contributed by atoms with E-state index in [0.717, 1.165) is 12.1 Å². The fourth-order valence-electron chi connectivity index (χ4n) is 1.62. The normalized spacial score (nSPS) is 12.5. The predicted molar refractivity (Wildman–Crippen MR) is 70.0 cm³/mol. The lowest BCUT2D eigenvalue weighted by Crippen LogP contribution is -2.30. The van der Waals surface area contributed by atoms with E-state index in [9.17, 15) is 18.7 Å². The molecular formula is C14H19F2NO3. The van der Waals surface area contributed by atoms with E-state index in [1.165, 1.54) is 6.07 Å². The Balaban J connectivity index is 2.43. The smallest absolute Gasteiger partial charge is 0.222 e. The summed E-state index contributed by atoms with van der Waals surface area (Å²) in [7, 11) is 0. The standard InChI is InChI=1S/C14H19F2NO3/c1-9(2)20-7-6-13(19)17-8-12(18)14-10(15)4-3-5-11(14)16/h3-5,9,12,18H,6-8H2,1-2H3,(H,17,19). The molecule has 0 aliphatic rings. The highest BCUT2D eigenvalue weighted by molar-refractivity contribution is 5.76. The summed E-state index contributed by atoms with van der Waals surface area (Å²) in [5.74, 6) is -2.02. The number of carbonyl (C=O) groups is 1. The van der Waals surface area contributed by atoms with Gasteiger partial charge in [0.1, 0.15) is 17.7 Å². The molecule has 1 atom stereocenters. The van der Waals surface area contributed by atoms with Crippen molar-refractivity contribution in [2.45, 2.75) is 32.5 Å². The van der Waals surface area contributed by atoms with Crippen LogP contribution in [0.3, 0.4) is 0 Å². The molecular weight excluding hydrogens is 268 g/mol. The molecule has 0 aromatic heterocycles. The van der Waals surface area contributed by atoms with Gasteiger partial charge in [-0.15, -0.1) is 0 Å². The molecule has 0 aliphatic heterocycles. The highest BCUT2D eigenvalue weighted by atomic mass is 19.1. The highest BCUT2D eigenvalue weighted by Gasteiger charge is 2.18. The first-order chi connectivity index (χ1) is 9.41. The number of ether oxygens (including phenoxy) is 1. The fraction of sp³-hybridized carbons (Fsp3) is 0.500. The highest BCUT2D eigenvalue weighted by Crippen LogP contribution is 2.19. The first kappa shape index (κ1) is 16.5. The average Bonchev–Trinajstić information content (AvgIpc) is 2.35. The Bertz CT molecular complexity index is 432. The van der Waals surface area contributed by atoms with Crippen molar-refractivity contribution in [1.29, 1.82) is 0 Å². The van der Waals surface area contributed by atoms with Crippen molar-refractivity contribution in [3.63, 3.8) is 0 Å². The third kappa shape index (κ3) is 5.22. The zero-order valence-corrected chi connectivity index (χ0v) is 11.5. The molecule has 1 aromatic rings. The van der Waals surface area contributed by atoms with Crippen molar-refractivity contribution in [1.82, 2.24) is 5.32 Å². The Kier molecular flexibility index (Phi) is 6.54. The SMILES string of the molecule is CC(C)OCCC(=O)NCC(O)c1c(F)cccc1F. The molecule has 1 aromatic carbocycles. The second kappa shape index (κ2) is 7.91. The van der Waals surface area contributed by atoms with Crippen LogP contribution in [-0.2, 0) is 9.53 Å². The van der Waals surface area contributed by atoms with Crippen molar-refractivity contribution in [2.75, 3.05) is 13.2 Å². The molecule has 6 heteroatoms. The van der Waals surface area contributed by atoms with Gasteiger partial charge in [0.2, 0.25) is 5.91 Å².